The molecule has 2 N–H and O–H groups in total. The first-order valence-corrected chi connectivity index (χ1v) is 5.66. The number of aromatic nitrogens is 2. The fraction of sp³-hybridized carbons (Fsp3) is 0.667. The summed E-state index contributed by atoms with van der Waals surface area (Å²) in [5.74, 6) is 0.167. The van der Waals surface area contributed by atoms with Crippen molar-refractivity contribution in [2.24, 2.45) is 11.7 Å². The van der Waals surface area contributed by atoms with E-state index in [-0.39, 0.29) is 17.7 Å². The van der Waals surface area contributed by atoms with Crippen molar-refractivity contribution in [3.8, 4) is 0 Å². The molecule has 2 heterocycles. The second-order valence-electron chi connectivity index (χ2n) is 3.80. The topological polar surface area (TPSA) is 85.3 Å². The van der Waals surface area contributed by atoms with Gasteiger partial charge in [-0.05, 0) is 12.8 Å². The lowest BCUT2D eigenvalue weighted by atomic mass is 9.98. The third-order valence-corrected chi connectivity index (χ3v) is 2.89. The molecule has 1 fully saturated rings. The number of anilines is 1. The molecule has 0 aliphatic carbocycles. The van der Waals surface area contributed by atoms with Crippen LogP contribution in [0.5, 0.6) is 0 Å². The van der Waals surface area contributed by atoms with E-state index in [0.717, 1.165) is 19.4 Å². The van der Waals surface area contributed by atoms with Gasteiger partial charge in [0.25, 0.3) is 0 Å². The predicted octanol–water partition coefficient (Wildman–Crippen LogP) is 0.510. The summed E-state index contributed by atoms with van der Waals surface area (Å²) in [5.41, 5.74) is 5.29. The molecule has 0 bridgehead atoms. The molecule has 1 atom stereocenters. The molecular formula is C9H13ClN4O2. The summed E-state index contributed by atoms with van der Waals surface area (Å²) >= 11 is 5.57. The number of nitrogens with zero attached hydrogens (tertiary/aromatic N) is 3. The molecule has 1 unspecified atom stereocenters. The average molecular weight is 245 g/mol. The molecule has 1 aliphatic rings. The van der Waals surface area contributed by atoms with Crippen molar-refractivity contribution in [2.45, 2.75) is 18.7 Å². The van der Waals surface area contributed by atoms with Crippen LogP contribution in [0.1, 0.15) is 18.7 Å². The SMILES string of the molecule is NC(=O)C1CCCN(c2nnc(CCl)o2)C1. The lowest BCUT2D eigenvalue weighted by Crippen LogP contribution is -2.41. The first-order valence-electron chi connectivity index (χ1n) is 5.13. The fourth-order valence-electron chi connectivity index (χ4n) is 1.81. The lowest BCUT2D eigenvalue weighted by Gasteiger charge is -2.29. The molecule has 0 radical (unpaired) electrons. The molecule has 0 saturated carbocycles. The summed E-state index contributed by atoms with van der Waals surface area (Å²) in [4.78, 5) is 13.0. The highest BCUT2D eigenvalue weighted by atomic mass is 35.5. The van der Waals surface area contributed by atoms with Crippen LogP contribution in [0, 0.1) is 5.92 Å². The van der Waals surface area contributed by atoms with E-state index >= 15 is 0 Å². The number of carbonyl (C=O) groups excluding carboxylic acids is 1. The van der Waals surface area contributed by atoms with E-state index in [1.165, 1.54) is 0 Å². The largest absolute Gasteiger partial charge is 0.407 e. The van der Waals surface area contributed by atoms with Crippen LogP contribution in [0.15, 0.2) is 4.42 Å². The molecule has 1 aromatic heterocycles. The minimum atomic E-state index is -0.276. The van der Waals surface area contributed by atoms with Gasteiger partial charge < -0.3 is 15.1 Å². The Morgan fingerprint density at radius 1 is 1.62 bits per heavy atom. The number of nitrogens with two attached hydrogens (primary N) is 1. The average Bonchev–Trinajstić information content (AvgIpc) is 2.77. The van der Waals surface area contributed by atoms with Crippen LogP contribution < -0.4 is 10.6 Å². The molecule has 0 aromatic carbocycles. The number of amides is 1. The summed E-state index contributed by atoms with van der Waals surface area (Å²) < 4.78 is 5.32. The predicted molar refractivity (Wildman–Crippen MR) is 58.0 cm³/mol. The Bertz CT molecular complexity index is 381. The zero-order valence-electron chi connectivity index (χ0n) is 8.73. The summed E-state index contributed by atoms with van der Waals surface area (Å²) in [6, 6.07) is 0.418. The van der Waals surface area contributed by atoms with E-state index in [1.54, 1.807) is 0 Å². The lowest BCUT2D eigenvalue weighted by molar-refractivity contribution is -0.122. The molecule has 6 nitrogen and oxygen atoms in total. The van der Waals surface area contributed by atoms with Gasteiger partial charge in [-0.25, -0.2) is 0 Å². The molecule has 0 spiro atoms. The number of hydrogen-bond donors (Lipinski definition) is 1. The van der Waals surface area contributed by atoms with Gasteiger partial charge in [-0.1, -0.05) is 5.10 Å². The van der Waals surface area contributed by atoms with Crippen LogP contribution in [-0.4, -0.2) is 29.2 Å². The summed E-state index contributed by atoms with van der Waals surface area (Å²) in [5, 5.41) is 7.65. The Kier molecular flexibility index (Phi) is 3.28. The number of alkyl halides is 1. The highest BCUT2D eigenvalue weighted by molar-refractivity contribution is 6.16. The van der Waals surface area contributed by atoms with Gasteiger partial charge in [0.15, 0.2) is 0 Å². The van der Waals surface area contributed by atoms with Gasteiger partial charge in [0.2, 0.25) is 11.8 Å². The molecule has 1 aromatic rings. The third-order valence-electron chi connectivity index (χ3n) is 2.66. The van der Waals surface area contributed by atoms with Crippen molar-refractivity contribution in [1.82, 2.24) is 10.2 Å². The second-order valence-corrected chi connectivity index (χ2v) is 4.07. The minimum absolute atomic E-state index is 0.139. The summed E-state index contributed by atoms with van der Waals surface area (Å²) in [7, 11) is 0. The normalized spacial score (nSPS) is 21.1. The molecule has 1 saturated heterocycles. The van der Waals surface area contributed by atoms with E-state index in [2.05, 4.69) is 10.2 Å². The monoisotopic (exact) mass is 244 g/mol. The van der Waals surface area contributed by atoms with Gasteiger partial charge in [-0.3, -0.25) is 4.79 Å². The number of piperidine rings is 1. The zero-order valence-corrected chi connectivity index (χ0v) is 9.48. The number of hydrogen-bond acceptors (Lipinski definition) is 5. The van der Waals surface area contributed by atoms with Gasteiger partial charge in [-0.2, -0.15) is 0 Å². The highest BCUT2D eigenvalue weighted by Crippen LogP contribution is 2.22. The fourth-order valence-corrected chi connectivity index (χ4v) is 1.92. The number of rotatable bonds is 3. The van der Waals surface area contributed by atoms with Crippen LogP contribution in [0.4, 0.5) is 6.01 Å². The molecule has 1 amide bonds. The zero-order chi connectivity index (χ0) is 11.5. The molecule has 88 valence electrons. The van der Waals surface area contributed by atoms with Gasteiger partial charge >= 0.3 is 6.01 Å². The van der Waals surface area contributed by atoms with Crippen LogP contribution in [-0.2, 0) is 10.7 Å². The quantitative estimate of drug-likeness (QED) is 0.783. The first kappa shape index (κ1) is 11.2. The van der Waals surface area contributed by atoms with E-state index in [4.69, 9.17) is 21.8 Å². The molecular weight excluding hydrogens is 232 g/mol. The standard InChI is InChI=1S/C9H13ClN4O2/c10-4-7-12-13-9(16-7)14-3-1-2-6(5-14)8(11)15/h6H,1-5H2,(H2,11,15). The number of carbonyl (C=O) groups is 1. The van der Waals surface area contributed by atoms with Crippen LogP contribution in [0.2, 0.25) is 0 Å². The van der Waals surface area contributed by atoms with E-state index in [9.17, 15) is 4.79 Å². The van der Waals surface area contributed by atoms with E-state index in [0.29, 0.717) is 18.5 Å². The van der Waals surface area contributed by atoms with Gasteiger partial charge in [-0.15, -0.1) is 16.7 Å². The Morgan fingerprint density at radius 3 is 3.06 bits per heavy atom. The van der Waals surface area contributed by atoms with Gasteiger partial charge in [0.05, 0.1) is 5.92 Å². The van der Waals surface area contributed by atoms with Crippen molar-refractivity contribution >= 4 is 23.5 Å². The Morgan fingerprint density at radius 2 is 2.44 bits per heavy atom. The number of halogens is 1. The highest BCUT2D eigenvalue weighted by Gasteiger charge is 2.26. The Balaban J connectivity index is 2.06. The molecule has 16 heavy (non-hydrogen) atoms. The van der Waals surface area contributed by atoms with E-state index < -0.39 is 0 Å². The van der Waals surface area contributed by atoms with Crippen LogP contribution in [0.25, 0.3) is 0 Å². The Hall–Kier alpha value is -1.30. The van der Waals surface area contributed by atoms with Gasteiger partial charge in [0, 0.05) is 13.1 Å². The van der Waals surface area contributed by atoms with Crippen molar-refractivity contribution in [3.05, 3.63) is 5.89 Å². The number of primary amides is 1. The molecule has 7 heteroatoms. The third kappa shape index (κ3) is 2.27. The maximum Gasteiger partial charge on any atom is 0.318 e. The summed E-state index contributed by atoms with van der Waals surface area (Å²) in [6.07, 6.45) is 1.72. The molecule has 1 aliphatic heterocycles. The maximum atomic E-state index is 11.1. The van der Waals surface area contributed by atoms with Crippen LogP contribution in [0.3, 0.4) is 0 Å². The molecule has 2 rings (SSSR count). The van der Waals surface area contributed by atoms with Crippen molar-refractivity contribution < 1.29 is 9.21 Å². The minimum Gasteiger partial charge on any atom is -0.407 e. The second kappa shape index (κ2) is 4.69. The van der Waals surface area contributed by atoms with E-state index in [1.807, 2.05) is 4.90 Å². The maximum absolute atomic E-state index is 11.1. The van der Waals surface area contributed by atoms with Crippen molar-refractivity contribution in [2.75, 3.05) is 18.0 Å². The van der Waals surface area contributed by atoms with Crippen molar-refractivity contribution in [1.29, 1.82) is 0 Å². The summed E-state index contributed by atoms with van der Waals surface area (Å²) in [6.45, 7) is 1.34. The first-order chi connectivity index (χ1) is 7.70. The van der Waals surface area contributed by atoms with Crippen molar-refractivity contribution in [3.63, 3.8) is 0 Å². The van der Waals surface area contributed by atoms with Crippen LogP contribution >= 0.6 is 11.6 Å². The Labute approximate surface area is 97.7 Å². The van der Waals surface area contributed by atoms with Gasteiger partial charge in [0.1, 0.15) is 5.88 Å². The smallest absolute Gasteiger partial charge is 0.318 e.